The molecule has 1 aliphatic carbocycles. The van der Waals surface area contributed by atoms with Crippen LogP contribution in [0, 0.1) is 0 Å². The van der Waals surface area contributed by atoms with Crippen molar-refractivity contribution in [3.8, 4) is 0 Å². The highest BCUT2D eigenvalue weighted by Crippen LogP contribution is 2.37. The highest BCUT2D eigenvalue weighted by atomic mass is 35.5. The smallest absolute Gasteiger partial charge is 0.213 e. The molecule has 0 radical (unpaired) electrons. The summed E-state index contributed by atoms with van der Waals surface area (Å²) in [5.41, 5.74) is 6.57. The van der Waals surface area contributed by atoms with Gasteiger partial charge in [0.15, 0.2) is 0 Å². The van der Waals surface area contributed by atoms with E-state index < -0.39 is 10.0 Å². The molecule has 0 spiro atoms. The van der Waals surface area contributed by atoms with Crippen molar-refractivity contribution in [2.75, 3.05) is 16.8 Å². The fraction of sp³-hybridized carbons (Fsp3) is 0.238. The van der Waals surface area contributed by atoms with Crippen molar-refractivity contribution < 1.29 is 8.42 Å². The van der Waals surface area contributed by atoms with Crippen LogP contribution in [0.15, 0.2) is 71.6 Å². The van der Waals surface area contributed by atoms with Crippen LogP contribution in [0.3, 0.4) is 0 Å². The first kappa shape index (κ1) is 19.1. The average Bonchev–Trinajstić information content (AvgIpc) is 3.11. The number of sulfonamides is 1. The third kappa shape index (κ3) is 4.41. The van der Waals surface area contributed by atoms with Crippen molar-refractivity contribution in [3.05, 3.63) is 82.2 Å². The summed E-state index contributed by atoms with van der Waals surface area (Å²) >= 11 is 6.18. The van der Waals surface area contributed by atoms with Gasteiger partial charge in [0.25, 0.3) is 0 Å². The summed E-state index contributed by atoms with van der Waals surface area (Å²) in [6.07, 6.45) is 5.48. The lowest BCUT2D eigenvalue weighted by atomic mass is 10.0. The van der Waals surface area contributed by atoms with Gasteiger partial charge in [-0.05, 0) is 66.3 Å². The molecule has 4 rings (SSSR count). The van der Waals surface area contributed by atoms with Crippen LogP contribution < -0.4 is 15.4 Å². The number of hydrogen-bond donors (Lipinski definition) is 2. The molecule has 1 heterocycles. The fourth-order valence-electron chi connectivity index (χ4n) is 3.79. The molecule has 2 aliphatic rings. The molecule has 0 unspecified atom stereocenters. The highest BCUT2D eigenvalue weighted by Gasteiger charge is 2.25. The van der Waals surface area contributed by atoms with E-state index in [2.05, 4.69) is 22.5 Å². The van der Waals surface area contributed by atoms with Gasteiger partial charge in [0, 0.05) is 29.1 Å². The van der Waals surface area contributed by atoms with Crippen molar-refractivity contribution in [2.45, 2.75) is 25.0 Å². The summed E-state index contributed by atoms with van der Waals surface area (Å²) in [5, 5.41) is 9.35. The minimum Gasteiger partial charge on any atom is -0.354 e. The van der Waals surface area contributed by atoms with Crippen molar-refractivity contribution in [1.82, 2.24) is 0 Å². The van der Waals surface area contributed by atoms with Gasteiger partial charge >= 0.3 is 0 Å². The monoisotopic (exact) mass is 415 g/mol. The molecule has 5 nitrogen and oxygen atoms in total. The van der Waals surface area contributed by atoms with E-state index in [9.17, 15) is 8.42 Å². The molecule has 2 aromatic rings. The molecule has 2 aromatic carbocycles. The van der Waals surface area contributed by atoms with Crippen LogP contribution in [-0.2, 0) is 15.8 Å². The van der Waals surface area contributed by atoms with Gasteiger partial charge in [-0.15, -0.1) is 0 Å². The number of hydrogen-bond acceptors (Lipinski definition) is 4. The molecule has 0 amide bonds. The molecule has 28 heavy (non-hydrogen) atoms. The molecule has 0 bridgehead atoms. The van der Waals surface area contributed by atoms with Gasteiger partial charge < -0.3 is 10.2 Å². The maximum atomic E-state index is 11.3. The molecule has 1 aliphatic heterocycles. The Labute approximate surface area is 170 Å². The van der Waals surface area contributed by atoms with Crippen molar-refractivity contribution in [1.29, 1.82) is 0 Å². The zero-order valence-electron chi connectivity index (χ0n) is 15.4. The number of nitrogens with one attached hydrogen (secondary N) is 1. The van der Waals surface area contributed by atoms with E-state index >= 15 is 0 Å². The van der Waals surface area contributed by atoms with Gasteiger partial charge in [0.2, 0.25) is 10.0 Å². The third-order valence-electron chi connectivity index (χ3n) is 5.04. The van der Waals surface area contributed by atoms with Crippen LogP contribution in [0.25, 0.3) is 0 Å². The first-order valence-corrected chi connectivity index (χ1v) is 11.3. The number of nitrogens with two attached hydrogens (primary N) is 1. The number of primary sulfonamides is 1. The largest absolute Gasteiger partial charge is 0.354 e. The molecule has 0 atom stereocenters. The van der Waals surface area contributed by atoms with E-state index in [-0.39, 0.29) is 5.75 Å². The van der Waals surface area contributed by atoms with E-state index in [1.807, 2.05) is 30.3 Å². The quantitative estimate of drug-likeness (QED) is 0.759. The lowest BCUT2D eigenvalue weighted by Crippen LogP contribution is -2.25. The van der Waals surface area contributed by atoms with Crippen LogP contribution in [0.1, 0.15) is 24.8 Å². The second-order valence-electron chi connectivity index (χ2n) is 7.22. The van der Waals surface area contributed by atoms with Crippen LogP contribution >= 0.6 is 11.6 Å². The Morgan fingerprint density at radius 3 is 2.61 bits per heavy atom. The molecule has 3 N–H and O–H groups in total. The zero-order valence-corrected chi connectivity index (χ0v) is 16.9. The van der Waals surface area contributed by atoms with Crippen LogP contribution in [0.4, 0.5) is 11.4 Å². The first-order chi connectivity index (χ1) is 13.4. The summed E-state index contributed by atoms with van der Waals surface area (Å²) in [6, 6.07) is 15.2. The summed E-state index contributed by atoms with van der Waals surface area (Å²) in [4.78, 5) is 2.22. The van der Waals surface area contributed by atoms with Gasteiger partial charge in [0.05, 0.1) is 11.4 Å². The minimum atomic E-state index is -3.53. The topological polar surface area (TPSA) is 75.4 Å². The summed E-state index contributed by atoms with van der Waals surface area (Å²) in [5.74, 6) is -0.159. The molecule has 146 valence electrons. The fourth-order valence-corrected chi connectivity index (χ4v) is 4.63. The van der Waals surface area contributed by atoms with E-state index in [0.29, 0.717) is 5.56 Å². The number of anilines is 2. The van der Waals surface area contributed by atoms with Crippen LogP contribution in [0.2, 0.25) is 5.02 Å². The predicted molar refractivity (Wildman–Crippen MR) is 115 cm³/mol. The van der Waals surface area contributed by atoms with E-state index in [0.717, 1.165) is 41.5 Å². The Bertz CT molecular complexity index is 1060. The maximum absolute atomic E-state index is 11.3. The second kappa shape index (κ2) is 7.62. The standard InChI is InChI=1S/C21H22ClN3O2S/c22-17-4-2-5-19(11-17)25-12-16-3-1-6-20(16)21(13-25)24-18-9-7-15(8-10-18)14-28(23,26)27/h2,4-5,7-11,13,24H,1,3,6,12,14H2,(H2,23,26,27). The number of allylic oxidation sites excluding steroid dienone is 1. The lowest BCUT2D eigenvalue weighted by Gasteiger charge is -2.29. The number of halogens is 1. The molecule has 0 saturated heterocycles. The summed E-state index contributed by atoms with van der Waals surface area (Å²) in [6.45, 7) is 0.883. The Morgan fingerprint density at radius 1 is 1.11 bits per heavy atom. The third-order valence-corrected chi connectivity index (χ3v) is 6.01. The zero-order chi connectivity index (χ0) is 19.7. The predicted octanol–water partition coefficient (Wildman–Crippen LogP) is 4.38. The van der Waals surface area contributed by atoms with Crippen LogP contribution in [-0.4, -0.2) is 15.0 Å². The molecule has 0 fully saturated rings. The first-order valence-electron chi connectivity index (χ1n) is 9.19. The molecule has 7 heteroatoms. The Hall–Kier alpha value is -2.28. The summed E-state index contributed by atoms with van der Waals surface area (Å²) < 4.78 is 22.5. The minimum absolute atomic E-state index is 0.159. The number of benzene rings is 2. The van der Waals surface area contributed by atoms with Crippen molar-refractivity contribution in [2.24, 2.45) is 5.14 Å². The number of rotatable bonds is 5. The maximum Gasteiger partial charge on any atom is 0.213 e. The molecule has 0 saturated carbocycles. The van der Waals surface area contributed by atoms with Crippen molar-refractivity contribution >= 4 is 33.0 Å². The Kier molecular flexibility index (Phi) is 5.19. The van der Waals surface area contributed by atoms with E-state index in [1.54, 1.807) is 12.1 Å². The second-order valence-corrected chi connectivity index (χ2v) is 9.27. The van der Waals surface area contributed by atoms with Crippen LogP contribution in [0.5, 0.6) is 0 Å². The molecular formula is C21H22ClN3O2S. The van der Waals surface area contributed by atoms with Gasteiger partial charge in [0.1, 0.15) is 0 Å². The molecular weight excluding hydrogens is 394 g/mol. The van der Waals surface area contributed by atoms with E-state index in [1.165, 1.54) is 17.6 Å². The summed E-state index contributed by atoms with van der Waals surface area (Å²) in [7, 11) is -3.53. The highest BCUT2D eigenvalue weighted by molar-refractivity contribution is 7.88. The Balaban J connectivity index is 1.59. The van der Waals surface area contributed by atoms with Gasteiger partial charge in [-0.3, -0.25) is 0 Å². The van der Waals surface area contributed by atoms with Gasteiger partial charge in [-0.2, -0.15) is 0 Å². The SMILES string of the molecule is NS(=O)(=O)Cc1ccc(NC2=CN(c3cccc(Cl)c3)CC3=C2CCC3)cc1. The van der Waals surface area contributed by atoms with Gasteiger partial charge in [-0.1, -0.05) is 29.8 Å². The van der Waals surface area contributed by atoms with Crippen molar-refractivity contribution in [3.63, 3.8) is 0 Å². The lowest BCUT2D eigenvalue weighted by molar-refractivity contribution is 0.597. The average molecular weight is 416 g/mol. The Morgan fingerprint density at radius 2 is 1.89 bits per heavy atom. The molecule has 0 aromatic heterocycles. The van der Waals surface area contributed by atoms with Gasteiger partial charge in [-0.25, -0.2) is 13.6 Å². The number of nitrogens with zero attached hydrogens (tertiary/aromatic N) is 1. The normalized spacial score (nSPS) is 16.8. The van der Waals surface area contributed by atoms with E-state index in [4.69, 9.17) is 16.7 Å².